The highest BCUT2D eigenvalue weighted by Crippen LogP contribution is 2.31. The Balaban J connectivity index is 1.72. The van der Waals surface area contributed by atoms with E-state index in [0.717, 1.165) is 30.2 Å². The molecular weight excluding hydrogens is 377 g/mol. The number of halogens is 2. The second-order valence-corrected chi connectivity index (χ2v) is 7.29. The molecule has 5 amide bonds. The number of benzene rings is 1. The van der Waals surface area contributed by atoms with E-state index in [4.69, 9.17) is 11.6 Å². The van der Waals surface area contributed by atoms with Crippen LogP contribution in [0.25, 0.3) is 0 Å². The van der Waals surface area contributed by atoms with Gasteiger partial charge in [-0.25, -0.2) is 14.1 Å². The van der Waals surface area contributed by atoms with Crippen molar-refractivity contribution in [3.63, 3.8) is 0 Å². The van der Waals surface area contributed by atoms with Crippen LogP contribution < -0.4 is 5.32 Å². The maximum absolute atomic E-state index is 13.7. The van der Waals surface area contributed by atoms with E-state index in [0.29, 0.717) is 11.3 Å². The average Bonchev–Trinajstić information content (AvgIpc) is 2.82. The first-order valence-electron chi connectivity index (χ1n) is 8.73. The molecule has 0 radical (unpaired) electrons. The fourth-order valence-corrected chi connectivity index (χ4v) is 3.73. The van der Waals surface area contributed by atoms with Crippen molar-refractivity contribution in [2.24, 2.45) is 5.92 Å². The zero-order valence-electron chi connectivity index (χ0n) is 14.7. The van der Waals surface area contributed by atoms with Gasteiger partial charge in [0.2, 0.25) is 5.91 Å². The number of imide groups is 2. The molecule has 9 heteroatoms. The molecule has 0 unspecified atom stereocenters. The highest BCUT2D eigenvalue weighted by Gasteiger charge is 2.49. The van der Waals surface area contributed by atoms with Gasteiger partial charge in [-0.2, -0.15) is 0 Å². The predicted octanol–water partition coefficient (Wildman–Crippen LogP) is 2.79. The van der Waals surface area contributed by atoms with Gasteiger partial charge >= 0.3 is 17.8 Å². The van der Waals surface area contributed by atoms with Crippen molar-refractivity contribution in [3.05, 3.63) is 29.0 Å². The van der Waals surface area contributed by atoms with E-state index in [1.807, 2.05) is 6.92 Å². The van der Waals surface area contributed by atoms with Crippen LogP contribution in [0.2, 0.25) is 5.02 Å². The maximum atomic E-state index is 13.7. The van der Waals surface area contributed by atoms with Gasteiger partial charge in [-0.05, 0) is 37.0 Å². The number of hydrogen-bond donors (Lipinski definition) is 1. The summed E-state index contributed by atoms with van der Waals surface area (Å²) in [5.41, 5.74) is -0.171. The number of anilines is 1. The third kappa shape index (κ3) is 3.80. The molecule has 1 aromatic carbocycles. The van der Waals surface area contributed by atoms with E-state index in [9.17, 15) is 23.6 Å². The second kappa shape index (κ2) is 7.64. The lowest BCUT2D eigenvalue weighted by molar-refractivity contribution is -0.145. The van der Waals surface area contributed by atoms with Crippen LogP contribution in [0, 0.1) is 11.7 Å². The average molecular weight is 396 g/mol. The van der Waals surface area contributed by atoms with Crippen LogP contribution in [0.15, 0.2) is 18.2 Å². The fourth-order valence-electron chi connectivity index (χ4n) is 3.56. The van der Waals surface area contributed by atoms with E-state index in [-0.39, 0.29) is 22.7 Å². The lowest BCUT2D eigenvalue weighted by atomic mass is 9.85. The third-order valence-electron chi connectivity index (χ3n) is 4.99. The van der Waals surface area contributed by atoms with Gasteiger partial charge in [0.1, 0.15) is 12.4 Å². The maximum Gasteiger partial charge on any atom is 0.334 e. The molecule has 7 nitrogen and oxygen atoms in total. The Labute approximate surface area is 160 Å². The molecule has 2 aliphatic rings. The van der Waals surface area contributed by atoms with Crippen LogP contribution in [0.1, 0.15) is 32.6 Å². The van der Waals surface area contributed by atoms with Crippen LogP contribution in [0.4, 0.5) is 14.9 Å². The summed E-state index contributed by atoms with van der Waals surface area (Å²) in [4.78, 5) is 50.9. The summed E-state index contributed by atoms with van der Waals surface area (Å²) in [6.07, 6.45) is 3.39. The van der Waals surface area contributed by atoms with Crippen molar-refractivity contribution < 1.29 is 23.6 Å². The fraction of sp³-hybridized carbons (Fsp3) is 0.444. The number of rotatable bonds is 4. The molecule has 1 saturated heterocycles. The molecule has 2 fully saturated rings. The van der Waals surface area contributed by atoms with Crippen LogP contribution >= 0.6 is 11.6 Å². The molecule has 1 aliphatic heterocycles. The summed E-state index contributed by atoms with van der Waals surface area (Å²) < 4.78 is 13.7. The lowest BCUT2D eigenvalue weighted by Gasteiger charge is -2.34. The third-order valence-corrected chi connectivity index (χ3v) is 5.22. The number of hydrogen-bond acceptors (Lipinski definition) is 4. The zero-order chi connectivity index (χ0) is 19.7. The zero-order valence-corrected chi connectivity index (χ0v) is 15.5. The second-order valence-electron chi connectivity index (χ2n) is 6.85. The molecular formula is C18H19ClFN3O4. The standard InChI is InChI=1S/C18H19ClFN3O4/c1-10-4-2-3-5-14(10)23-17(26)16(25)22(18(23)27)9-15(24)21-13-8-11(19)6-7-12(13)20/h6-8,10,14H,2-5,9H2,1H3,(H,21,24)/t10-,14-/m1/s1. The number of carbonyl (C=O) groups excluding carboxylic acids is 4. The summed E-state index contributed by atoms with van der Waals surface area (Å²) in [7, 11) is 0. The Morgan fingerprint density at radius 3 is 2.63 bits per heavy atom. The highest BCUT2D eigenvalue weighted by atomic mass is 35.5. The Morgan fingerprint density at radius 1 is 1.22 bits per heavy atom. The van der Waals surface area contributed by atoms with Crippen molar-refractivity contribution in [1.29, 1.82) is 0 Å². The van der Waals surface area contributed by atoms with Crippen molar-refractivity contribution in [2.75, 3.05) is 11.9 Å². The number of carbonyl (C=O) groups is 4. The number of nitrogens with zero attached hydrogens (tertiary/aromatic N) is 2. The van der Waals surface area contributed by atoms with E-state index in [1.165, 1.54) is 12.1 Å². The Kier molecular flexibility index (Phi) is 5.46. The molecule has 0 aromatic heterocycles. The van der Waals surface area contributed by atoms with Crippen LogP contribution in [0.5, 0.6) is 0 Å². The Bertz CT molecular complexity index is 816. The van der Waals surface area contributed by atoms with Crippen molar-refractivity contribution in [1.82, 2.24) is 9.80 Å². The Hall–Kier alpha value is -2.48. The molecule has 1 aliphatic carbocycles. The van der Waals surface area contributed by atoms with Gasteiger partial charge in [-0.15, -0.1) is 0 Å². The van der Waals surface area contributed by atoms with Crippen LogP contribution in [0.3, 0.4) is 0 Å². The number of nitrogens with one attached hydrogen (secondary N) is 1. The van der Waals surface area contributed by atoms with E-state index >= 15 is 0 Å². The molecule has 1 N–H and O–H groups in total. The smallest absolute Gasteiger partial charge is 0.322 e. The normalized spacial score (nSPS) is 23.1. The topological polar surface area (TPSA) is 86.8 Å². The van der Waals surface area contributed by atoms with Gasteiger partial charge < -0.3 is 5.32 Å². The molecule has 1 aromatic rings. The highest BCUT2D eigenvalue weighted by molar-refractivity contribution is 6.45. The van der Waals surface area contributed by atoms with Gasteiger partial charge in [0, 0.05) is 11.1 Å². The molecule has 1 heterocycles. The number of urea groups is 1. The molecule has 27 heavy (non-hydrogen) atoms. The number of amides is 5. The molecule has 1 saturated carbocycles. The molecule has 3 rings (SSSR count). The SMILES string of the molecule is C[C@@H]1CCCC[C@H]1N1C(=O)C(=O)N(CC(=O)Nc2cc(Cl)ccc2F)C1=O. The van der Waals surface area contributed by atoms with E-state index in [1.54, 1.807) is 0 Å². The Morgan fingerprint density at radius 2 is 1.93 bits per heavy atom. The quantitative estimate of drug-likeness (QED) is 0.627. The minimum absolute atomic E-state index is 0.0915. The summed E-state index contributed by atoms with van der Waals surface area (Å²) in [5, 5.41) is 2.48. The van der Waals surface area contributed by atoms with Crippen LogP contribution in [-0.4, -0.2) is 46.1 Å². The summed E-state index contributed by atoms with van der Waals surface area (Å²) in [5.74, 6) is -3.38. The van der Waals surface area contributed by atoms with E-state index < -0.39 is 36.1 Å². The van der Waals surface area contributed by atoms with Gasteiger partial charge in [0.25, 0.3) is 0 Å². The first kappa shape index (κ1) is 19.3. The van der Waals surface area contributed by atoms with Gasteiger partial charge in [-0.3, -0.25) is 19.3 Å². The predicted molar refractivity (Wildman–Crippen MR) is 95.4 cm³/mol. The summed E-state index contributed by atoms with van der Waals surface area (Å²) >= 11 is 5.77. The minimum atomic E-state index is -1.04. The largest absolute Gasteiger partial charge is 0.334 e. The minimum Gasteiger partial charge on any atom is -0.322 e. The molecule has 0 spiro atoms. The monoisotopic (exact) mass is 395 g/mol. The first-order valence-corrected chi connectivity index (χ1v) is 9.11. The van der Waals surface area contributed by atoms with Gasteiger partial charge in [0.15, 0.2) is 0 Å². The van der Waals surface area contributed by atoms with Gasteiger partial charge in [0.05, 0.1) is 5.69 Å². The van der Waals surface area contributed by atoms with Crippen molar-refractivity contribution in [3.8, 4) is 0 Å². The molecule has 0 bridgehead atoms. The van der Waals surface area contributed by atoms with Gasteiger partial charge in [-0.1, -0.05) is 31.4 Å². The lowest BCUT2D eigenvalue weighted by Crippen LogP contribution is -2.46. The van der Waals surface area contributed by atoms with E-state index in [2.05, 4.69) is 5.32 Å². The summed E-state index contributed by atoms with van der Waals surface area (Å²) in [6, 6.07) is 2.47. The van der Waals surface area contributed by atoms with Crippen molar-refractivity contribution >= 4 is 41.0 Å². The van der Waals surface area contributed by atoms with Crippen LogP contribution in [-0.2, 0) is 14.4 Å². The van der Waals surface area contributed by atoms with Crippen molar-refractivity contribution in [2.45, 2.75) is 38.6 Å². The summed E-state index contributed by atoms with van der Waals surface area (Å²) in [6.45, 7) is 1.26. The first-order chi connectivity index (χ1) is 12.8. The molecule has 144 valence electrons. The molecule has 2 atom stereocenters.